The van der Waals surface area contributed by atoms with Gasteiger partial charge in [0, 0.05) is 19.5 Å². The van der Waals surface area contributed by atoms with Crippen LogP contribution in [-0.4, -0.2) is 41.8 Å². The molecule has 0 spiro atoms. The molecule has 0 atom stereocenters. The van der Waals surface area contributed by atoms with E-state index in [0.717, 1.165) is 12.8 Å². The van der Waals surface area contributed by atoms with Crippen molar-refractivity contribution in [2.75, 3.05) is 19.7 Å². The molecule has 1 amide bonds. The monoisotopic (exact) mass is 215 g/mol. The lowest BCUT2D eigenvalue weighted by atomic mass is 9.94. The fraction of sp³-hybridized carbons (Fsp3) is 0.800. The minimum atomic E-state index is -0.871. The molecule has 0 radical (unpaired) electrons. The fourth-order valence-electron chi connectivity index (χ4n) is 1.78. The van der Waals surface area contributed by atoms with Gasteiger partial charge in [0.1, 0.15) is 0 Å². The van der Waals surface area contributed by atoms with Crippen molar-refractivity contribution in [3.8, 4) is 0 Å². The largest absolute Gasteiger partial charge is 0.466 e. The Balaban J connectivity index is 2.25. The Bertz CT molecular complexity index is 234. The molecule has 1 fully saturated rings. The molecule has 0 bridgehead atoms. The summed E-state index contributed by atoms with van der Waals surface area (Å²) in [5.41, 5.74) is 0. The number of likely N-dealkylation sites (tertiary alicyclic amines) is 1. The van der Waals surface area contributed by atoms with Crippen molar-refractivity contribution < 1.29 is 19.4 Å². The molecule has 15 heavy (non-hydrogen) atoms. The van der Waals surface area contributed by atoms with E-state index in [0.29, 0.717) is 26.1 Å². The second kappa shape index (κ2) is 5.58. The van der Waals surface area contributed by atoms with Crippen molar-refractivity contribution in [2.24, 2.45) is 5.92 Å². The van der Waals surface area contributed by atoms with Crippen molar-refractivity contribution in [3.63, 3.8) is 0 Å². The standard InChI is InChI=1S/C10H17NO4/c1-2-15-9(12)7-8-3-5-11(6-4-8)10(13)14/h8H,2-7H2,1H3,(H,13,14). The van der Waals surface area contributed by atoms with E-state index < -0.39 is 6.09 Å². The quantitative estimate of drug-likeness (QED) is 0.721. The average Bonchev–Trinajstić information content (AvgIpc) is 2.18. The number of carbonyl (C=O) groups is 2. The molecule has 5 heteroatoms. The number of rotatable bonds is 3. The maximum absolute atomic E-state index is 11.2. The minimum Gasteiger partial charge on any atom is -0.466 e. The molecule has 1 saturated heterocycles. The van der Waals surface area contributed by atoms with Crippen molar-refractivity contribution in [1.29, 1.82) is 0 Å². The predicted molar refractivity (Wildman–Crippen MR) is 53.6 cm³/mol. The number of hydrogen-bond acceptors (Lipinski definition) is 3. The van der Waals surface area contributed by atoms with Gasteiger partial charge in [0.25, 0.3) is 0 Å². The normalized spacial score (nSPS) is 17.5. The van der Waals surface area contributed by atoms with E-state index in [1.54, 1.807) is 6.92 Å². The molecular formula is C10H17NO4. The number of ether oxygens (including phenoxy) is 1. The van der Waals surface area contributed by atoms with Gasteiger partial charge in [-0.2, -0.15) is 0 Å². The van der Waals surface area contributed by atoms with Crippen LogP contribution >= 0.6 is 0 Å². The van der Waals surface area contributed by atoms with E-state index in [1.807, 2.05) is 0 Å². The third kappa shape index (κ3) is 3.77. The SMILES string of the molecule is CCOC(=O)CC1CCN(C(=O)O)CC1. The van der Waals surface area contributed by atoms with Crippen LogP contribution in [0.4, 0.5) is 4.79 Å². The number of amides is 1. The second-order valence-electron chi connectivity index (χ2n) is 3.72. The first kappa shape index (κ1) is 11.8. The summed E-state index contributed by atoms with van der Waals surface area (Å²) >= 11 is 0. The number of piperidine rings is 1. The van der Waals surface area contributed by atoms with Crippen LogP contribution in [0, 0.1) is 5.92 Å². The van der Waals surface area contributed by atoms with Gasteiger partial charge in [0.15, 0.2) is 0 Å². The maximum Gasteiger partial charge on any atom is 0.407 e. The molecule has 0 aromatic rings. The third-order valence-electron chi connectivity index (χ3n) is 2.65. The summed E-state index contributed by atoms with van der Waals surface area (Å²) in [5, 5.41) is 8.72. The highest BCUT2D eigenvalue weighted by molar-refractivity contribution is 5.69. The molecule has 0 aromatic carbocycles. The number of hydrogen-bond donors (Lipinski definition) is 1. The molecule has 1 rings (SSSR count). The van der Waals surface area contributed by atoms with Crippen LogP contribution in [0.1, 0.15) is 26.2 Å². The van der Waals surface area contributed by atoms with Gasteiger partial charge in [-0.25, -0.2) is 4.79 Å². The van der Waals surface area contributed by atoms with Gasteiger partial charge in [0.2, 0.25) is 0 Å². The lowest BCUT2D eigenvalue weighted by molar-refractivity contribution is -0.144. The summed E-state index contributed by atoms with van der Waals surface area (Å²) in [6, 6.07) is 0. The van der Waals surface area contributed by atoms with E-state index in [-0.39, 0.29) is 11.9 Å². The van der Waals surface area contributed by atoms with Crippen LogP contribution in [-0.2, 0) is 9.53 Å². The molecule has 5 nitrogen and oxygen atoms in total. The van der Waals surface area contributed by atoms with E-state index >= 15 is 0 Å². The Morgan fingerprint density at radius 3 is 2.47 bits per heavy atom. The first-order chi connectivity index (χ1) is 7.13. The molecule has 1 heterocycles. The van der Waals surface area contributed by atoms with Gasteiger partial charge < -0.3 is 14.7 Å². The molecule has 1 N–H and O–H groups in total. The lowest BCUT2D eigenvalue weighted by Gasteiger charge is -2.29. The second-order valence-corrected chi connectivity index (χ2v) is 3.72. The third-order valence-corrected chi connectivity index (χ3v) is 2.65. The zero-order valence-electron chi connectivity index (χ0n) is 8.94. The molecular weight excluding hydrogens is 198 g/mol. The zero-order valence-corrected chi connectivity index (χ0v) is 8.94. The first-order valence-electron chi connectivity index (χ1n) is 5.27. The van der Waals surface area contributed by atoms with Crippen LogP contribution < -0.4 is 0 Å². The Kier molecular flexibility index (Phi) is 4.39. The van der Waals surface area contributed by atoms with Crippen LogP contribution in [0.3, 0.4) is 0 Å². The summed E-state index contributed by atoms with van der Waals surface area (Å²) < 4.78 is 4.85. The van der Waals surface area contributed by atoms with Gasteiger partial charge >= 0.3 is 12.1 Å². The summed E-state index contributed by atoms with van der Waals surface area (Å²) in [7, 11) is 0. The van der Waals surface area contributed by atoms with Gasteiger partial charge in [-0.3, -0.25) is 4.79 Å². The Morgan fingerprint density at radius 2 is 2.00 bits per heavy atom. The fourth-order valence-corrected chi connectivity index (χ4v) is 1.78. The van der Waals surface area contributed by atoms with Crippen molar-refractivity contribution in [1.82, 2.24) is 4.90 Å². The number of carboxylic acid groups (broad SMARTS) is 1. The number of nitrogens with zero attached hydrogens (tertiary/aromatic N) is 1. The molecule has 1 aliphatic rings. The summed E-state index contributed by atoms with van der Waals surface area (Å²) in [5.74, 6) is 0.103. The summed E-state index contributed by atoms with van der Waals surface area (Å²) in [4.78, 5) is 23.2. The lowest BCUT2D eigenvalue weighted by Crippen LogP contribution is -2.38. The minimum absolute atomic E-state index is 0.175. The highest BCUT2D eigenvalue weighted by Gasteiger charge is 2.24. The van der Waals surface area contributed by atoms with Crippen LogP contribution in [0.2, 0.25) is 0 Å². The Morgan fingerprint density at radius 1 is 1.40 bits per heavy atom. The first-order valence-corrected chi connectivity index (χ1v) is 5.27. The number of esters is 1. The van der Waals surface area contributed by atoms with Crippen LogP contribution in [0.15, 0.2) is 0 Å². The van der Waals surface area contributed by atoms with Gasteiger partial charge in [-0.1, -0.05) is 0 Å². The molecule has 1 aliphatic heterocycles. The summed E-state index contributed by atoms with van der Waals surface area (Å²) in [6.07, 6.45) is 1.06. The van der Waals surface area contributed by atoms with Gasteiger partial charge in [-0.05, 0) is 25.7 Å². The molecule has 0 aromatic heterocycles. The smallest absolute Gasteiger partial charge is 0.407 e. The number of carbonyl (C=O) groups excluding carboxylic acids is 1. The van der Waals surface area contributed by atoms with Gasteiger partial charge in [-0.15, -0.1) is 0 Å². The highest BCUT2D eigenvalue weighted by atomic mass is 16.5. The van der Waals surface area contributed by atoms with Crippen molar-refractivity contribution in [3.05, 3.63) is 0 Å². The molecule has 0 unspecified atom stereocenters. The van der Waals surface area contributed by atoms with Crippen LogP contribution in [0.25, 0.3) is 0 Å². The van der Waals surface area contributed by atoms with E-state index in [1.165, 1.54) is 4.90 Å². The molecule has 86 valence electrons. The highest BCUT2D eigenvalue weighted by Crippen LogP contribution is 2.20. The van der Waals surface area contributed by atoms with E-state index in [9.17, 15) is 9.59 Å². The molecule has 0 saturated carbocycles. The van der Waals surface area contributed by atoms with Crippen molar-refractivity contribution >= 4 is 12.1 Å². The average molecular weight is 215 g/mol. The van der Waals surface area contributed by atoms with Gasteiger partial charge in [0.05, 0.1) is 6.61 Å². The van der Waals surface area contributed by atoms with Crippen LogP contribution in [0.5, 0.6) is 0 Å². The van der Waals surface area contributed by atoms with E-state index in [2.05, 4.69) is 0 Å². The topological polar surface area (TPSA) is 66.8 Å². The predicted octanol–water partition coefficient (Wildman–Crippen LogP) is 1.33. The van der Waals surface area contributed by atoms with E-state index in [4.69, 9.17) is 9.84 Å². The Hall–Kier alpha value is -1.26. The zero-order chi connectivity index (χ0) is 11.3. The van der Waals surface area contributed by atoms with Crippen molar-refractivity contribution in [2.45, 2.75) is 26.2 Å². The summed E-state index contributed by atoms with van der Waals surface area (Å²) in [6.45, 7) is 3.25. The molecule has 0 aliphatic carbocycles. The Labute approximate surface area is 89.0 Å². The maximum atomic E-state index is 11.2.